The summed E-state index contributed by atoms with van der Waals surface area (Å²) in [5, 5.41) is 3.70. The van der Waals surface area contributed by atoms with Gasteiger partial charge in [-0.15, -0.1) is 0 Å². The molecule has 1 fully saturated rings. The van der Waals surface area contributed by atoms with Crippen LogP contribution in [0.5, 0.6) is 11.5 Å². The van der Waals surface area contributed by atoms with Crippen molar-refractivity contribution in [1.82, 2.24) is 5.32 Å². The van der Waals surface area contributed by atoms with Crippen LogP contribution in [0.15, 0.2) is 16.6 Å². The third-order valence-electron chi connectivity index (χ3n) is 4.34. The standard InChI is InChI=1S/C17H26BrNO2/c1-17(2)7-5-6-13(10-17)19-11-12-8-15(20-3)16(21-4)9-14(12)18/h8-9,13,19H,5-7,10-11H2,1-4H3. The number of methoxy groups -OCH3 is 2. The number of benzene rings is 1. The van der Waals surface area contributed by atoms with Gasteiger partial charge in [0.05, 0.1) is 14.2 Å². The lowest BCUT2D eigenvalue weighted by Crippen LogP contribution is -2.36. The number of halogens is 1. The first-order chi connectivity index (χ1) is 9.95. The fourth-order valence-corrected chi connectivity index (χ4v) is 3.62. The average Bonchev–Trinajstić information content (AvgIpc) is 2.44. The van der Waals surface area contributed by atoms with Crippen LogP contribution >= 0.6 is 15.9 Å². The van der Waals surface area contributed by atoms with Gasteiger partial charge in [-0.05, 0) is 42.4 Å². The van der Waals surface area contributed by atoms with Gasteiger partial charge in [0.2, 0.25) is 0 Å². The van der Waals surface area contributed by atoms with Crippen LogP contribution in [0.1, 0.15) is 45.1 Å². The molecule has 0 spiro atoms. The molecule has 1 aliphatic rings. The molecule has 0 aliphatic heterocycles. The molecule has 2 rings (SSSR count). The first-order valence-electron chi connectivity index (χ1n) is 7.59. The smallest absolute Gasteiger partial charge is 0.161 e. The van der Waals surface area contributed by atoms with Gasteiger partial charge in [-0.25, -0.2) is 0 Å². The zero-order valence-electron chi connectivity index (χ0n) is 13.5. The van der Waals surface area contributed by atoms with E-state index in [1.54, 1.807) is 14.2 Å². The van der Waals surface area contributed by atoms with Crippen LogP contribution in [-0.2, 0) is 6.54 Å². The zero-order chi connectivity index (χ0) is 15.5. The van der Waals surface area contributed by atoms with Crippen molar-refractivity contribution in [3.63, 3.8) is 0 Å². The van der Waals surface area contributed by atoms with Crippen molar-refractivity contribution >= 4 is 15.9 Å². The molecule has 1 unspecified atom stereocenters. The zero-order valence-corrected chi connectivity index (χ0v) is 15.0. The molecule has 1 atom stereocenters. The van der Waals surface area contributed by atoms with Gasteiger partial charge in [-0.2, -0.15) is 0 Å². The third kappa shape index (κ3) is 4.36. The molecule has 1 N–H and O–H groups in total. The summed E-state index contributed by atoms with van der Waals surface area (Å²) >= 11 is 3.62. The van der Waals surface area contributed by atoms with Crippen LogP contribution < -0.4 is 14.8 Å². The van der Waals surface area contributed by atoms with E-state index in [1.807, 2.05) is 12.1 Å². The maximum absolute atomic E-state index is 5.38. The van der Waals surface area contributed by atoms with E-state index < -0.39 is 0 Å². The van der Waals surface area contributed by atoms with Gasteiger partial charge in [0.15, 0.2) is 11.5 Å². The molecule has 0 saturated heterocycles. The summed E-state index contributed by atoms with van der Waals surface area (Å²) in [5.41, 5.74) is 1.67. The highest BCUT2D eigenvalue weighted by Gasteiger charge is 2.27. The molecular formula is C17H26BrNO2. The van der Waals surface area contributed by atoms with Crippen molar-refractivity contribution in [2.75, 3.05) is 14.2 Å². The van der Waals surface area contributed by atoms with Crippen LogP contribution in [0.25, 0.3) is 0 Å². The van der Waals surface area contributed by atoms with Crippen molar-refractivity contribution in [3.8, 4) is 11.5 Å². The first kappa shape index (κ1) is 16.6. The lowest BCUT2D eigenvalue weighted by molar-refractivity contribution is 0.197. The molecule has 1 aromatic carbocycles. The molecule has 0 radical (unpaired) electrons. The molecule has 4 heteroatoms. The Bertz CT molecular complexity index is 488. The molecule has 0 heterocycles. The Labute approximate surface area is 136 Å². The second-order valence-corrected chi connectivity index (χ2v) is 7.49. The third-order valence-corrected chi connectivity index (χ3v) is 5.08. The Balaban J connectivity index is 2.03. The van der Waals surface area contributed by atoms with Gasteiger partial charge in [0, 0.05) is 17.1 Å². The SMILES string of the molecule is COc1cc(Br)c(CNC2CCCC(C)(C)C2)cc1OC. The summed E-state index contributed by atoms with van der Waals surface area (Å²) < 4.78 is 11.8. The van der Waals surface area contributed by atoms with E-state index in [9.17, 15) is 0 Å². The van der Waals surface area contributed by atoms with Crippen molar-refractivity contribution in [2.24, 2.45) is 5.41 Å². The maximum atomic E-state index is 5.38. The van der Waals surface area contributed by atoms with E-state index in [4.69, 9.17) is 9.47 Å². The Morgan fingerprint density at radius 3 is 2.52 bits per heavy atom. The minimum absolute atomic E-state index is 0.463. The van der Waals surface area contributed by atoms with Crippen molar-refractivity contribution in [2.45, 2.75) is 52.1 Å². The Hall–Kier alpha value is -0.740. The van der Waals surface area contributed by atoms with Crippen LogP contribution in [0, 0.1) is 5.41 Å². The van der Waals surface area contributed by atoms with Gasteiger partial charge >= 0.3 is 0 Å². The summed E-state index contributed by atoms with van der Waals surface area (Å²) in [7, 11) is 3.33. The maximum Gasteiger partial charge on any atom is 0.161 e. The monoisotopic (exact) mass is 355 g/mol. The van der Waals surface area contributed by atoms with E-state index in [-0.39, 0.29) is 0 Å². The largest absolute Gasteiger partial charge is 0.493 e. The molecule has 118 valence electrons. The van der Waals surface area contributed by atoms with E-state index >= 15 is 0 Å². The van der Waals surface area contributed by atoms with Gasteiger partial charge in [0.25, 0.3) is 0 Å². The van der Waals surface area contributed by atoms with E-state index in [0.717, 1.165) is 22.5 Å². The van der Waals surface area contributed by atoms with Gasteiger partial charge in [0.1, 0.15) is 0 Å². The van der Waals surface area contributed by atoms with Crippen LogP contribution in [0.4, 0.5) is 0 Å². The van der Waals surface area contributed by atoms with Gasteiger partial charge in [-0.3, -0.25) is 0 Å². The number of rotatable bonds is 5. The highest BCUT2D eigenvalue weighted by atomic mass is 79.9. The molecule has 1 aliphatic carbocycles. The van der Waals surface area contributed by atoms with E-state index in [0.29, 0.717) is 11.5 Å². The summed E-state index contributed by atoms with van der Waals surface area (Å²) in [6.45, 7) is 5.59. The molecule has 1 aromatic rings. The molecule has 0 amide bonds. The average molecular weight is 356 g/mol. The topological polar surface area (TPSA) is 30.5 Å². The van der Waals surface area contributed by atoms with Crippen molar-refractivity contribution in [3.05, 3.63) is 22.2 Å². The predicted molar refractivity (Wildman–Crippen MR) is 90.1 cm³/mol. The van der Waals surface area contributed by atoms with E-state index in [2.05, 4.69) is 35.1 Å². The molecule has 3 nitrogen and oxygen atoms in total. The molecular weight excluding hydrogens is 330 g/mol. The van der Waals surface area contributed by atoms with Gasteiger partial charge in [-0.1, -0.05) is 36.2 Å². The minimum atomic E-state index is 0.463. The molecule has 0 aromatic heterocycles. The quantitative estimate of drug-likeness (QED) is 0.841. The normalized spacial score (nSPS) is 21.1. The van der Waals surface area contributed by atoms with Crippen molar-refractivity contribution < 1.29 is 9.47 Å². The fourth-order valence-electron chi connectivity index (χ4n) is 3.16. The summed E-state index contributed by atoms with van der Waals surface area (Å²) in [4.78, 5) is 0. The highest BCUT2D eigenvalue weighted by molar-refractivity contribution is 9.10. The van der Waals surface area contributed by atoms with Gasteiger partial charge < -0.3 is 14.8 Å². The summed E-state index contributed by atoms with van der Waals surface area (Å²) in [6.07, 6.45) is 5.18. The summed E-state index contributed by atoms with van der Waals surface area (Å²) in [5.74, 6) is 1.54. The molecule has 0 bridgehead atoms. The second-order valence-electron chi connectivity index (χ2n) is 6.64. The number of hydrogen-bond donors (Lipinski definition) is 1. The summed E-state index contributed by atoms with van der Waals surface area (Å²) in [6, 6.07) is 4.62. The van der Waals surface area contributed by atoms with Crippen LogP contribution in [0.3, 0.4) is 0 Å². The highest BCUT2D eigenvalue weighted by Crippen LogP contribution is 2.36. The fraction of sp³-hybridized carbons (Fsp3) is 0.647. The Morgan fingerprint density at radius 2 is 1.90 bits per heavy atom. The lowest BCUT2D eigenvalue weighted by atomic mass is 9.75. The number of hydrogen-bond acceptors (Lipinski definition) is 3. The van der Waals surface area contributed by atoms with Crippen molar-refractivity contribution in [1.29, 1.82) is 0 Å². The molecule has 1 saturated carbocycles. The lowest BCUT2D eigenvalue weighted by Gasteiger charge is -2.35. The van der Waals surface area contributed by atoms with Crippen LogP contribution in [0.2, 0.25) is 0 Å². The van der Waals surface area contributed by atoms with E-state index in [1.165, 1.54) is 31.2 Å². The Kier molecular flexibility index (Phi) is 5.55. The first-order valence-corrected chi connectivity index (χ1v) is 8.38. The second kappa shape index (κ2) is 7.01. The molecule has 21 heavy (non-hydrogen) atoms. The minimum Gasteiger partial charge on any atom is -0.493 e. The Morgan fingerprint density at radius 1 is 1.24 bits per heavy atom. The predicted octanol–water partition coefficient (Wildman–Crippen LogP) is 4.52. The number of nitrogens with one attached hydrogen (secondary N) is 1. The number of ether oxygens (including phenoxy) is 2. The van der Waals surface area contributed by atoms with Crippen LogP contribution in [-0.4, -0.2) is 20.3 Å².